The Morgan fingerprint density at radius 1 is 0.964 bits per heavy atom. The van der Waals surface area contributed by atoms with Crippen LogP contribution in [0.3, 0.4) is 0 Å². The predicted molar refractivity (Wildman–Crippen MR) is 108 cm³/mol. The van der Waals surface area contributed by atoms with Crippen molar-refractivity contribution in [1.29, 1.82) is 0 Å². The van der Waals surface area contributed by atoms with Gasteiger partial charge in [0.1, 0.15) is 0 Å². The number of carbonyl (C=O) groups excluding carboxylic acids is 2. The number of hydrogen-bond donors (Lipinski definition) is 0. The average Bonchev–Trinajstić information content (AvgIpc) is 2.89. The van der Waals surface area contributed by atoms with E-state index >= 15 is 0 Å². The summed E-state index contributed by atoms with van der Waals surface area (Å²) in [7, 11) is 2.00. The van der Waals surface area contributed by atoms with Crippen molar-refractivity contribution in [3.8, 4) is 11.3 Å². The quantitative estimate of drug-likeness (QED) is 0.803. The van der Waals surface area contributed by atoms with Crippen molar-refractivity contribution in [2.75, 3.05) is 26.2 Å². The van der Waals surface area contributed by atoms with Gasteiger partial charge in [0, 0.05) is 63.6 Å². The number of fused-ring (bicyclic) bond motifs is 1. The van der Waals surface area contributed by atoms with Crippen LogP contribution in [0.4, 0.5) is 0 Å². The monoisotopic (exact) mass is 380 g/mol. The van der Waals surface area contributed by atoms with Crippen molar-refractivity contribution in [3.63, 3.8) is 0 Å². The van der Waals surface area contributed by atoms with Crippen LogP contribution < -0.4 is 0 Å². The maximum atomic E-state index is 13.1. The zero-order valence-corrected chi connectivity index (χ0v) is 16.7. The van der Waals surface area contributed by atoms with E-state index in [2.05, 4.69) is 24.3 Å². The van der Waals surface area contributed by atoms with Crippen LogP contribution in [0.15, 0.2) is 30.3 Å². The Hall–Kier alpha value is -2.63. The molecule has 2 aliphatic heterocycles. The minimum atomic E-state index is 0.0423. The predicted octanol–water partition coefficient (Wildman–Crippen LogP) is 2.27. The van der Waals surface area contributed by atoms with Gasteiger partial charge in [-0.15, -0.1) is 0 Å². The van der Waals surface area contributed by atoms with E-state index < -0.39 is 0 Å². The van der Waals surface area contributed by atoms with Crippen molar-refractivity contribution < 1.29 is 9.59 Å². The molecule has 2 aromatic rings. The van der Waals surface area contributed by atoms with E-state index in [1.165, 1.54) is 16.8 Å². The lowest BCUT2D eigenvalue weighted by molar-refractivity contribution is -0.140. The summed E-state index contributed by atoms with van der Waals surface area (Å²) in [6, 6.07) is 10.4. The first-order valence-electron chi connectivity index (χ1n) is 10.2. The number of piperidine rings is 1. The number of amides is 2. The molecule has 3 heterocycles. The summed E-state index contributed by atoms with van der Waals surface area (Å²) in [4.78, 5) is 28.5. The van der Waals surface area contributed by atoms with Crippen LogP contribution in [0.1, 0.15) is 31.0 Å². The first-order chi connectivity index (χ1) is 13.5. The molecule has 0 saturated carbocycles. The summed E-state index contributed by atoms with van der Waals surface area (Å²) in [5.74, 6) is 0.399. The number of carbonyl (C=O) groups is 2. The van der Waals surface area contributed by atoms with Gasteiger partial charge < -0.3 is 9.80 Å². The zero-order valence-electron chi connectivity index (χ0n) is 16.7. The Balaban J connectivity index is 1.46. The Morgan fingerprint density at radius 2 is 1.64 bits per heavy atom. The first-order valence-corrected chi connectivity index (χ1v) is 10.2. The van der Waals surface area contributed by atoms with Gasteiger partial charge in [-0.25, -0.2) is 0 Å². The van der Waals surface area contributed by atoms with Gasteiger partial charge in [0.25, 0.3) is 0 Å². The van der Waals surface area contributed by atoms with Crippen LogP contribution in [-0.4, -0.2) is 57.6 Å². The summed E-state index contributed by atoms with van der Waals surface area (Å²) in [6.45, 7) is 4.46. The number of aryl methyl sites for hydroxylation is 1. The molecule has 0 radical (unpaired) electrons. The second kappa shape index (κ2) is 7.78. The van der Waals surface area contributed by atoms with Crippen molar-refractivity contribution >= 4 is 11.8 Å². The fourth-order valence-electron chi connectivity index (χ4n) is 4.56. The maximum Gasteiger partial charge on any atom is 0.225 e. The van der Waals surface area contributed by atoms with Crippen molar-refractivity contribution in [2.24, 2.45) is 13.0 Å². The smallest absolute Gasteiger partial charge is 0.225 e. The lowest BCUT2D eigenvalue weighted by Gasteiger charge is -2.33. The van der Waals surface area contributed by atoms with Crippen molar-refractivity contribution in [1.82, 2.24) is 19.6 Å². The molecule has 0 spiro atoms. The lowest BCUT2D eigenvalue weighted by atomic mass is 9.95. The molecule has 0 unspecified atom stereocenters. The average molecular weight is 380 g/mol. The Labute approximate surface area is 166 Å². The van der Waals surface area contributed by atoms with Gasteiger partial charge in [-0.05, 0) is 19.3 Å². The SMILES string of the molecule is CC(=O)N1CCC(C(=O)N2CCc3nn(C)c(-c4ccccc4)c3CC2)CC1. The van der Waals surface area contributed by atoms with E-state index in [-0.39, 0.29) is 17.7 Å². The minimum absolute atomic E-state index is 0.0423. The third-order valence-corrected chi connectivity index (χ3v) is 6.13. The highest BCUT2D eigenvalue weighted by atomic mass is 16.2. The number of nitrogens with zero attached hydrogens (tertiary/aromatic N) is 4. The molecule has 1 fully saturated rings. The molecule has 0 atom stereocenters. The first kappa shape index (κ1) is 18.7. The van der Waals surface area contributed by atoms with Gasteiger partial charge >= 0.3 is 0 Å². The Bertz CT molecular complexity index is 866. The topological polar surface area (TPSA) is 58.4 Å². The van der Waals surface area contributed by atoms with Crippen LogP contribution in [-0.2, 0) is 29.5 Å². The number of benzene rings is 1. The minimum Gasteiger partial charge on any atom is -0.343 e. The lowest BCUT2D eigenvalue weighted by Crippen LogP contribution is -2.44. The number of likely N-dealkylation sites (tertiary alicyclic amines) is 1. The van der Waals surface area contributed by atoms with Gasteiger partial charge in [0.2, 0.25) is 11.8 Å². The van der Waals surface area contributed by atoms with Crippen molar-refractivity contribution in [3.05, 3.63) is 41.6 Å². The zero-order chi connectivity index (χ0) is 19.7. The second-order valence-electron chi connectivity index (χ2n) is 7.87. The molecule has 1 aromatic heterocycles. The Morgan fingerprint density at radius 3 is 2.32 bits per heavy atom. The molecule has 2 amide bonds. The summed E-state index contributed by atoms with van der Waals surface area (Å²) in [5.41, 5.74) is 4.73. The Kier molecular flexibility index (Phi) is 5.20. The molecule has 6 nitrogen and oxygen atoms in total. The van der Waals surface area contributed by atoms with Gasteiger partial charge in [-0.1, -0.05) is 30.3 Å². The van der Waals surface area contributed by atoms with E-state index in [4.69, 9.17) is 5.10 Å². The van der Waals surface area contributed by atoms with Crippen LogP contribution in [0.2, 0.25) is 0 Å². The van der Waals surface area contributed by atoms with Gasteiger partial charge in [-0.2, -0.15) is 5.10 Å². The van der Waals surface area contributed by atoms with Gasteiger partial charge in [0.15, 0.2) is 0 Å². The molecule has 0 aliphatic carbocycles. The van der Waals surface area contributed by atoms with Gasteiger partial charge in [0.05, 0.1) is 11.4 Å². The largest absolute Gasteiger partial charge is 0.343 e. The molecule has 1 saturated heterocycles. The van der Waals surface area contributed by atoms with Gasteiger partial charge in [-0.3, -0.25) is 14.3 Å². The number of hydrogen-bond acceptors (Lipinski definition) is 3. The maximum absolute atomic E-state index is 13.1. The molecule has 6 heteroatoms. The van der Waals surface area contributed by atoms with Crippen molar-refractivity contribution in [2.45, 2.75) is 32.6 Å². The molecule has 4 rings (SSSR count). The van der Waals surface area contributed by atoms with Crippen LogP contribution in [0, 0.1) is 5.92 Å². The van der Waals surface area contributed by atoms with E-state index in [0.717, 1.165) is 44.5 Å². The normalized spacial score (nSPS) is 17.9. The third kappa shape index (κ3) is 3.55. The summed E-state index contributed by atoms with van der Waals surface area (Å²) < 4.78 is 1.98. The molecule has 28 heavy (non-hydrogen) atoms. The summed E-state index contributed by atoms with van der Waals surface area (Å²) >= 11 is 0. The molecular formula is C22H28N4O2. The molecule has 2 aliphatic rings. The standard InChI is InChI=1S/C22H28N4O2/c1-16(27)25-12-8-18(9-13-25)22(28)26-14-10-19-20(11-15-26)23-24(2)21(19)17-6-4-3-5-7-17/h3-7,18H,8-15H2,1-2H3. The van der Waals surface area contributed by atoms with Crippen LogP contribution in [0.5, 0.6) is 0 Å². The van der Waals surface area contributed by atoms with Crippen LogP contribution in [0.25, 0.3) is 11.3 Å². The number of aromatic nitrogens is 2. The molecule has 148 valence electrons. The van der Waals surface area contributed by atoms with Crippen LogP contribution >= 0.6 is 0 Å². The summed E-state index contributed by atoms with van der Waals surface area (Å²) in [5, 5.41) is 4.76. The molecule has 0 bridgehead atoms. The van der Waals surface area contributed by atoms with E-state index in [1.54, 1.807) is 6.92 Å². The third-order valence-electron chi connectivity index (χ3n) is 6.13. The molecular weight excluding hydrogens is 352 g/mol. The fourth-order valence-corrected chi connectivity index (χ4v) is 4.56. The van der Waals surface area contributed by atoms with E-state index in [0.29, 0.717) is 13.1 Å². The summed E-state index contributed by atoms with van der Waals surface area (Å²) in [6.07, 6.45) is 3.19. The molecule has 0 N–H and O–H groups in total. The fraction of sp³-hybridized carbons (Fsp3) is 0.500. The number of rotatable bonds is 2. The highest BCUT2D eigenvalue weighted by Gasteiger charge is 2.31. The highest BCUT2D eigenvalue weighted by molar-refractivity contribution is 5.80. The second-order valence-corrected chi connectivity index (χ2v) is 7.87. The molecule has 1 aromatic carbocycles. The highest BCUT2D eigenvalue weighted by Crippen LogP contribution is 2.29. The van der Waals surface area contributed by atoms with E-state index in [9.17, 15) is 9.59 Å². The van der Waals surface area contributed by atoms with E-state index in [1.807, 2.05) is 27.6 Å².